The molecule has 0 radical (unpaired) electrons. The van der Waals surface area contributed by atoms with Gasteiger partial charge in [0, 0.05) is 11.9 Å². The summed E-state index contributed by atoms with van der Waals surface area (Å²) in [6, 6.07) is 13.2. The summed E-state index contributed by atoms with van der Waals surface area (Å²) in [5.74, 6) is 1.14. The summed E-state index contributed by atoms with van der Waals surface area (Å²) in [4.78, 5) is 17.5. The van der Waals surface area contributed by atoms with E-state index in [1.54, 1.807) is 6.26 Å². The van der Waals surface area contributed by atoms with Crippen LogP contribution in [-0.2, 0) is 0 Å². The van der Waals surface area contributed by atoms with Gasteiger partial charge in [-0.1, -0.05) is 51.3 Å². The number of benzene rings is 1. The van der Waals surface area contributed by atoms with Gasteiger partial charge < -0.3 is 9.73 Å². The lowest BCUT2D eigenvalue weighted by Crippen LogP contribution is -2.29. The number of hydrogen-bond acceptors (Lipinski definition) is 3. The quantitative estimate of drug-likeness (QED) is 0.588. The molecule has 1 N–H and O–H groups in total. The number of para-hydroxylation sites is 1. The van der Waals surface area contributed by atoms with Crippen LogP contribution in [0.1, 0.15) is 49.9 Å². The van der Waals surface area contributed by atoms with E-state index >= 15 is 0 Å². The molecule has 136 valence electrons. The molecule has 1 atom stereocenters. The van der Waals surface area contributed by atoms with Crippen LogP contribution in [0.4, 0.5) is 0 Å². The predicted octanol–water partition coefficient (Wildman–Crippen LogP) is 5.44. The second-order valence-electron chi connectivity index (χ2n) is 6.68. The highest BCUT2D eigenvalue weighted by molar-refractivity contribution is 6.07. The van der Waals surface area contributed by atoms with Crippen molar-refractivity contribution in [2.45, 2.75) is 39.5 Å². The molecule has 1 amide bonds. The van der Waals surface area contributed by atoms with Crippen molar-refractivity contribution < 1.29 is 9.21 Å². The molecule has 3 aromatic rings. The fourth-order valence-electron chi connectivity index (χ4n) is 3.19. The zero-order valence-electron chi connectivity index (χ0n) is 15.5. The van der Waals surface area contributed by atoms with E-state index < -0.39 is 0 Å². The number of fused-ring (bicyclic) bond motifs is 1. The highest BCUT2D eigenvalue weighted by Crippen LogP contribution is 2.25. The molecule has 4 heteroatoms. The number of carbonyl (C=O) groups excluding carboxylic acids is 1. The van der Waals surface area contributed by atoms with Gasteiger partial charge in [0.1, 0.15) is 5.69 Å². The lowest BCUT2D eigenvalue weighted by Gasteiger charge is -2.16. The van der Waals surface area contributed by atoms with Gasteiger partial charge in [0.2, 0.25) is 0 Å². The third kappa shape index (κ3) is 4.13. The Morgan fingerprint density at radius 1 is 1.19 bits per heavy atom. The van der Waals surface area contributed by atoms with Crippen LogP contribution in [0.15, 0.2) is 53.1 Å². The minimum atomic E-state index is -0.0497. The minimum absolute atomic E-state index is 0.0497. The predicted molar refractivity (Wildman–Crippen MR) is 105 cm³/mol. The van der Waals surface area contributed by atoms with Crippen LogP contribution in [-0.4, -0.2) is 17.4 Å². The van der Waals surface area contributed by atoms with Crippen LogP contribution in [0.5, 0.6) is 0 Å². The number of rotatable bonds is 8. The number of pyridine rings is 1. The summed E-state index contributed by atoms with van der Waals surface area (Å²) >= 11 is 0. The maximum Gasteiger partial charge on any atom is 0.252 e. The average Bonchev–Trinajstić information content (AvgIpc) is 3.22. The van der Waals surface area contributed by atoms with Crippen molar-refractivity contribution in [2.24, 2.45) is 5.92 Å². The van der Waals surface area contributed by atoms with Crippen LogP contribution >= 0.6 is 0 Å². The standard InChI is InChI=1S/C22H26N2O2/c1-3-5-9-16(4-2)15-23-22(25)18-14-20(21-12-8-13-26-21)24-19-11-7-6-10-17(18)19/h6-8,10-14,16H,3-5,9,15H2,1-2H3,(H,23,25). The van der Waals surface area contributed by atoms with Crippen molar-refractivity contribution in [1.82, 2.24) is 10.3 Å². The smallest absolute Gasteiger partial charge is 0.252 e. The third-order valence-corrected chi connectivity index (χ3v) is 4.83. The van der Waals surface area contributed by atoms with Crippen molar-refractivity contribution >= 4 is 16.8 Å². The Kier molecular flexibility index (Phi) is 6.05. The van der Waals surface area contributed by atoms with E-state index in [-0.39, 0.29) is 5.91 Å². The van der Waals surface area contributed by atoms with Gasteiger partial charge in [-0.05, 0) is 36.6 Å². The second kappa shape index (κ2) is 8.65. The molecule has 3 rings (SSSR count). The van der Waals surface area contributed by atoms with Gasteiger partial charge in [0.05, 0.1) is 17.3 Å². The summed E-state index contributed by atoms with van der Waals surface area (Å²) < 4.78 is 5.47. The van der Waals surface area contributed by atoms with Gasteiger partial charge in [-0.3, -0.25) is 4.79 Å². The van der Waals surface area contributed by atoms with E-state index in [4.69, 9.17) is 4.42 Å². The minimum Gasteiger partial charge on any atom is -0.463 e. The van der Waals surface area contributed by atoms with E-state index in [1.165, 1.54) is 12.8 Å². The fourth-order valence-corrected chi connectivity index (χ4v) is 3.19. The molecule has 0 saturated carbocycles. The molecule has 26 heavy (non-hydrogen) atoms. The first-order valence-corrected chi connectivity index (χ1v) is 9.44. The Morgan fingerprint density at radius 2 is 2.04 bits per heavy atom. The largest absolute Gasteiger partial charge is 0.463 e. The van der Waals surface area contributed by atoms with Crippen molar-refractivity contribution in [3.05, 3.63) is 54.3 Å². The number of amides is 1. The molecular weight excluding hydrogens is 324 g/mol. The van der Waals surface area contributed by atoms with Crippen LogP contribution in [0.25, 0.3) is 22.4 Å². The van der Waals surface area contributed by atoms with Crippen LogP contribution in [0.3, 0.4) is 0 Å². The summed E-state index contributed by atoms with van der Waals surface area (Å²) in [7, 11) is 0. The molecule has 0 bridgehead atoms. The first kappa shape index (κ1) is 18.2. The lowest BCUT2D eigenvalue weighted by atomic mass is 9.99. The average molecular weight is 350 g/mol. The van der Waals surface area contributed by atoms with E-state index in [0.717, 1.165) is 23.7 Å². The molecule has 1 aromatic carbocycles. The number of hydrogen-bond donors (Lipinski definition) is 1. The molecule has 0 saturated heterocycles. The molecular formula is C22H26N2O2. The number of unbranched alkanes of at least 4 members (excludes halogenated alkanes) is 1. The van der Waals surface area contributed by atoms with E-state index in [0.29, 0.717) is 29.5 Å². The first-order valence-electron chi connectivity index (χ1n) is 9.44. The van der Waals surface area contributed by atoms with Gasteiger partial charge >= 0.3 is 0 Å². The van der Waals surface area contributed by atoms with Crippen molar-refractivity contribution in [3.63, 3.8) is 0 Å². The molecule has 1 unspecified atom stereocenters. The first-order chi connectivity index (χ1) is 12.7. The normalized spacial score (nSPS) is 12.2. The van der Waals surface area contributed by atoms with Crippen LogP contribution in [0, 0.1) is 5.92 Å². The van der Waals surface area contributed by atoms with Crippen molar-refractivity contribution in [1.29, 1.82) is 0 Å². The Labute approximate surface area is 154 Å². The topological polar surface area (TPSA) is 55.1 Å². The van der Waals surface area contributed by atoms with Gasteiger partial charge in [0.25, 0.3) is 5.91 Å². The monoisotopic (exact) mass is 350 g/mol. The number of aromatic nitrogens is 1. The Morgan fingerprint density at radius 3 is 2.77 bits per heavy atom. The van der Waals surface area contributed by atoms with Gasteiger partial charge in [0.15, 0.2) is 5.76 Å². The summed E-state index contributed by atoms with van der Waals surface area (Å²) in [5, 5.41) is 3.99. The third-order valence-electron chi connectivity index (χ3n) is 4.83. The summed E-state index contributed by atoms with van der Waals surface area (Å²) in [6.45, 7) is 5.09. The van der Waals surface area contributed by atoms with Crippen LogP contribution < -0.4 is 5.32 Å². The molecule has 0 spiro atoms. The second-order valence-corrected chi connectivity index (χ2v) is 6.68. The summed E-state index contributed by atoms with van der Waals surface area (Å²) in [5.41, 5.74) is 2.12. The maximum absolute atomic E-state index is 12.9. The molecule has 0 aliphatic rings. The SMILES string of the molecule is CCCCC(CC)CNC(=O)c1cc(-c2ccco2)nc2ccccc12. The zero-order chi connectivity index (χ0) is 18.4. The molecule has 0 aliphatic heterocycles. The molecule has 0 fully saturated rings. The Hall–Kier alpha value is -2.62. The Bertz CT molecular complexity index is 856. The highest BCUT2D eigenvalue weighted by atomic mass is 16.3. The highest BCUT2D eigenvalue weighted by Gasteiger charge is 2.16. The zero-order valence-corrected chi connectivity index (χ0v) is 15.5. The molecule has 0 aliphatic carbocycles. The van der Waals surface area contributed by atoms with E-state index in [9.17, 15) is 4.79 Å². The Balaban J connectivity index is 1.87. The maximum atomic E-state index is 12.9. The summed E-state index contributed by atoms with van der Waals surface area (Å²) in [6.07, 6.45) is 6.24. The number of nitrogens with zero attached hydrogens (tertiary/aromatic N) is 1. The number of carbonyl (C=O) groups is 1. The lowest BCUT2D eigenvalue weighted by molar-refractivity contribution is 0.0947. The number of nitrogens with one attached hydrogen (secondary N) is 1. The molecule has 2 aromatic heterocycles. The van der Waals surface area contributed by atoms with E-state index in [1.807, 2.05) is 42.5 Å². The van der Waals surface area contributed by atoms with Crippen molar-refractivity contribution in [3.8, 4) is 11.5 Å². The van der Waals surface area contributed by atoms with Crippen molar-refractivity contribution in [2.75, 3.05) is 6.54 Å². The fraction of sp³-hybridized carbons (Fsp3) is 0.364. The molecule has 4 nitrogen and oxygen atoms in total. The van der Waals surface area contributed by atoms with Gasteiger partial charge in [-0.25, -0.2) is 4.98 Å². The van der Waals surface area contributed by atoms with E-state index in [2.05, 4.69) is 24.1 Å². The molecule has 2 heterocycles. The van der Waals surface area contributed by atoms with Gasteiger partial charge in [-0.2, -0.15) is 0 Å². The van der Waals surface area contributed by atoms with Crippen LogP contribution in [0.2, 0.25) is 0 Å². The number of furan rings is 1. The van der Waals surface area contributed by atoms with Gasteiger partial charge in [-0.15, -0.1) is 0 Å².